The van der Waals surface area contributed by atoms with E-state index in [4.69, 9.17) is 4.74 Å². The second-order valence-electron chi connectivity index (χ2n) is 5.40. The van der Waals surface area contributed by atoms with Crippen LogP contribution in [0.1, 0.15) is 5.56 Å². The zero-order valence-corrected chi connectivity index (χ0v) is 12.8. The first kappa shape index (κ1) is 15.3. The van der Waals surface area contributed by atoms with Crippen LogP contribution in [-0.4, -0.2) is 31.2 Å². The van der Waals surface area contributed by atoms with E-state index in [1.54, 1.807) is 6.07 Å². The van der Waals surface area contributed by atoms with Gasteiger partial charge in [-0.05, 0) is 23.8 Å². The number of benzene rings is 2. The Morgan fingerprint density at radius 2 is 1.87 bits per heavy atom. The van der Waals surface area contributed by atoms with Gasteiger partial charge >= 0.3 is 0 Å². The topological polar surface area (TPSA) is 67.6 Å². The highest BCUT2D eigenvalue weighted by atomic mass is 16.6. The molecule has 0 atom stereocenters. The largest absolute Gasteiger partial charge is 0.381 e. The lowest BCUT2D eigenvalue weighted by molar-refractivity contribution is -0.384. The number of rotatable bonds is 5. The fourth-order valence-electron chi connectivity index (χ4n) is 2.66. The zero-order valence-electron chi connectivity index (χ0n) is 12.8. The molecule has 3 rings (SSSR count). The Bertz CT molecular complexity index is 670. The monoisotopic (exact) mass is 313 g/mol. The van der Waals surface area contributed by atoms with Crippen LogP contribution in [0.3, 0.4) is 0 Å². The van der Waals surface area contributed by atoms with Gasteiger partial charge in [-0.3, -0.25) is 10.1 Å². The number of para-hydroxylation sites is 1. The third-order valence-electron chi connectivity index (χ3n) is 3.86. The van der Waals surface area contributed by atoms with Crippen molar-refractivity contribution in [1.29, 1.82) is 0 Å². The summed E-state index contributed by atoms with van der Waals surface area (Å²) < 4.78 is 5.31. The Labute approximate surface area is 134 Å². The van der Waals surface area contributed by atoms with Gasteiger partial charge in [0.05, 0.1) is 18.1 Å². The fourth-order valence-corrected chi connectivity index (χ4v) is 2.66. The Morgan fingerprint density at radius 1 is 1.13 bits per heavy atom. The molecule has 120 valence electrons. The van der Waals surface area contributed by atoms with Gasteiger partial charge in [-0.25, -0.2) is 0 Å². The molecule has 0 bridgehead atoms. The Balaban J connectivity index is 1.77. The molecule has 0 spiro atoms. The predicted molar refractivity (Wildman–Crippen MR) is 89.9 cm³/mol. The second kappa shape index (κ2) is 7.11. The molecule has 1 saturated heterocycles. The summed E-state index contributed by atoms with van der Waals surface area (Å²) >= 11 is 0. The molecule has 23 heavy (non-hydrogen) atoms. The second-order valence-corrected chi connectivity index (χ2v) is 5.40. The SMILES string of the molecule is O=[N+]([O-])c1cc(CNc2ccccc2)ccc1N1CCOCC1. The molecule has 1 N–H and O–H groups in total. The first-order valence-corrected chi connectivity index (χ1v) is 7.63. The van der Waals surface area contributed by atoms with Crippen molar-refractivity contribution in [3.8, 4) is 0 Å². The number of morpholine rings is 1. The van der Waals surface area contributed by atoms with E-state index in [1.165, 1.54) is 0 Å². The molecule has 1 fully saturated rings. The zero-order chi connectivity index (χ0) is 16.1. The van der Waals surface area contributed by atoms with Crippen molar-refractivity contribution in [2.24, 2.45) is 0 Å². The first-order valence-electron chi connectivity index (χ1n) is 7.63. The van der Waals surface area contributed by atoms with Gasteiger partial charge in [0.15, 0.2) is 0 Å². The normalized spacial score (nSPS) is 14.5. The van der Waals surface area contributed by atoms with Crippen molar-refractivity contribution < 1.29 is 9.66 Å². The lowest BCUT2D eigenvalue weighted by Crippen LogP contribution is -2.36. The summed E-state index contributed by atoms with van der Waals surface area (Å²) in [5.41, 5.74) is 2.70. The molecule has 6 nitrogen and oxygen atoms in total. The van der Waals surface area contributed by atoms with E-state index < -0.39 is 0 Å². The summed E-state index contributed by atoms with van der Waals surface area (Å²) in [6.45, 7) is 3.13. The summed E-state index contributed by atoms with van der Waals surface area (Å²) in [7, 11) is 0. The summed E-state index contributed by atoms with van der Waals surface area (Å²) in [6.07, 6.45) is 0. The molecular formula is C17H19N3O3. The number of nitrogens with zero attached hydrogens (tertiary/aromatic N) is 2. The number of anilines is 2. The lowest BCUT2D eigenvalue weighted by atomic mass is 10.1. The van der Waals surface area contributed by atoms with E-state index in [0.29, 0.717) is 38.5 Å². The molecular weight excluding hydrogens is 294 g/mol. The standard InChI is InChI=1S/C17H19N3O3/c21-20(22)17-12-14(13-18-15-4-2-1-3-5-15)6-7-16(17)19-8-10-23-11-9-19/h1-7,12,18H,8-11,13H2. The fraction of sp³-hybridized carbons (Fsp3) is 0.294. The highest BCUT2D eigenvalue weighted by Gasteiger charge is 2.21. The highest BCUT2D eigenvalue weighted by molar-refractivity contribution is 5.64. The average molecular weight is 313 g/mol. The van der Waals surface area contributed by atoms with Crippen molar-refractivity contribution in [2.75, 3.05) is 36.5 Å². The molecule has 0 aromatic heterocycles. The van der Waals surface area contributed by atoms with Gasteiger partial charge in [0, 0.05) is 31.4 Å². The third kappa shape index (κ3) is 3.78. The molecule has 0 amide bonds. The Kier molecular flexibility index (Phi) is 4.73. The van der Waals surface area contributed by atoms with Crippen molar-refractivity contribution in [2.45, 2.75) is 6.54 Å². The van der Waals surface area contributed by atoms with Crippen LogP contribution in [0.4, 0.5) is 17.1 Å². The molecule has 0 aliphatic carbocycles. The number of nitro groups is 1. The van der Waals surface area contributed by atoms with Crippen LogP contribution < -0.4 is 10.2 Å². The van der Waals surface area contributed by atoms with Crippen LogP contribution in [-0.2, 0) is 11.3 Å². The summed E-state index contributed by atoms with van der Waals surface area (Å²) in [6, 6.07) is 15.2. The minimum absolute atomic E-state index is 0.152. The van der Waals surface area contributed by atoms with Gasteiger partial charge in [0.2, 0.25) is 0 Å². The minimum atomic E-state index is -0.309. The summed E-state index contributed by atoms with van der Waals surface area (Å²) in [4.78, 5) is 13.1. The van der Waals surface area contributed by atoms with Gasteiger partial charge in [-0.1, -0.05) is 24.3 Å². The van der Waals surface area contributed by atoms with Crippen LogP contribution in [0.15, 0.2) is 48.5 Å². The van der Waals surface area contributed by atoms with E-state index in [0.717, 1.165) is 11.3 Å². The Morgan fingerprint density at radius 3 is 2.57 bits per heavy atom. The van der Waals surface area contributed by atoms with Crippen molar-refractivity contribution in [3.63, 3.8) is 0 Å². The van der Waals surface area contributed by atoms with E-state index in [9.17, 15) is 10.1 Å². The Hall–Kier alpha value is -2.60. The molecule has 0 radical (unpaired) electrons. The number of nitro benzene ring substituents is 1. The van der Waals surface area contributed by atoms with Crippen LogP contribution >= 0.6 is 0 Å². The van der Waals surface area contributed by atoms with E-state index in [2.05, 4.69) is 5.32 Å². The lowest BCUT2D eigenvalue weighted by Gasteiger charge is -2.28. The van der Waals surface area contributed by atoms with Crippen LogP contribution in [0.2, 0.25) is 0 Å². The summed E-state index contributed by atoms with van der Waals surface area (Å²) in [5, 5.41) is 14.7. The van der Waals surface area contributed by atoms with Crippen molar-refractivity contribution >= 4 is 17.1 Å². The average Bonchev–Trinajstić information content (AvgIpc) is 2.61. The van der Waals surface area contributed by atoms with Crippen molar-refractivity contribution in [1.82, 2.24) is 0 Å². The van der Waals surface area contributed by atoms with Gasteiger partial charge in [0.25, 0.3) is 5.69 Å². The van der Waals surface area contributed by atoms with Crippen LogP contribution in [0.5, 0.6) is 0 Å². The molecule has 1 heterocycles. The molecule has 0 saturated carbocycles. The predicted octanol–water partition coefficient (Wildman–Crippen LogP) is 3.04. The highest BCUT2D eigenvalue weighted by Crippen LogP contribution is 2.30. The molecule has 1 aliphatic heterocycles. The van der Waals surface area contributed by atoms with Gasteiger partial charge in [0.1, 0.15) is 5.69 Å². The van der Waals surface area contributed by atoms with Gasteiger partial charge in [-0.2, -0.15) is 0 Å². The number of ether oxygens (including phenoxy) is 1. The maximum absolute atomic E-state index is 11.4. The molecule has 6 heteroatoms. The quantitative estimate of drug-likeness (QED) is 0.679. The van der Waals surface area contributed by atoms with E-state index in [1.807, 2.05) is 47.4 Å². The maximum atomic E-state index is 11.4. The first-order chi connectivity index (χ1) is 11.2. The number of hydrogen-bond acceptors (Lipinski definition) is 5. The summed E-state index contributed by atoms with van der Waals surface area (Å²) in [5.74, 6) is 0. The van der Waals surface area contributed by atoms with Crippen molar-refractivity contribution in [3.05, 3.63) is 64.2 Å². The molecule has 1 aliphatic rings. The third-order valence-corrected chi connectivity index (χ3v) is 3.86. The number of nitrogens with one attached hydrogen (secondary N) is 1. The maximum Gasteiger partial charge on any atom is 0.292 e. The van der Waals surface area contributed by atoms with E-state index in [-0.39, 0.29) is 10.6 Å². The van der Waals surface area contributed by atoms with Crippen LogP contribution in [0.25, 0.3) is 0 Å². The minimum Gasteiger partial charge on any atom is -0.381 e. The van der Waals surface area contributed by atoms with Gasteiger partial charge < -0.3 is 15.0 Å². The molecule has 2 aromatic rings. The number of hydrogen-bond donors (Lipinski definition) is 1. The smallest absolute Gasteiger partial charge is 0.292 e. The van der Waals surface area contributed by atoms with Crippen LogP contribution in [0, 0.1) is 10.1 Å². The van der Waals surface area contributed by atoms with Gasteiger partial charge in [-0.15, -0.1) is 0 Å². The van der Waals surface area contributed by atoms with E-state index >= 15 is 0 Å². The molecule has 2 aromatic carbocycles. The molecule has 0 unspecified atom stereocenters.